The average Bonchev–Trinajstić information content (AvgIpc) is 2.88. The molecule has 0 fully saturated rings. The predicted molar refractivity (Wildman–Crippen MR) is 94.8 cm³/mol. The van der Waals surface area contributed by atoms with Gasteiger partial charge >= 0.3 is 5.97 Å². The molecule has 25 heavy (non-hydrogen) atoms. The average molecular weight is 343 g/mol. The van der Waals surface area contributed by atoms with Crippen molar-refractivity contribution in [3.05, 3.63) is 52.4 Å². The maximum atomic E-state index is 12.5. The Morgan fingerprint density at radius 1 is 1.24 bits per heavy atom. The van der Waals surface area contributed by atoms with E-state index in [1.165, 1.54) is 6.08 Å². The number of aromatic nitrogens is 1. The minimum Gasteiger partial charge on any atom is -0.493 e. The van der Waals surface area contributed by atoms with Crippen molar-refractivity contribution in [2.75, 3.05) is 13.7 Å². The Morgan fingerprint density at radius 3 is 2.52 bits per heavy atom. The second-order valence-corrected chi connectivity index (χ2v) is 5.47. The molecule has 0 bridgehead atoms. The summed E-state index contributed by atoms with van der Waals surface area (Å²) in [5.74, 6) is -0.122. The molecule has 2 rings (SSSR count). The Labute approximate surface area is 146 Å². The Kier molecular flexibility index (Phi) is 5.64. The van der Waals surface area contributed by atoms with E-state index in [-0.39, 0.29) is 11.5 Å². The van der Waals surface area contributed by atoms with Crippen molar-refractivity contribution >= 4 is 17.8 Å². The predicted octanol–water partition coefficient (Wildman–Crippen LogP) is 3.63. The molecule has 0 unspecified atom stereocenters. The first-order valence-electron chi connectivity index (χ1n) is 7.84. The van der Waals surface area contributed by atoms with Crippen LogP contribution in [0.5, 0.6) is 11.5 Å². The zero-order valence-corrected chi connectivity index (χ0v) is 14.7. The highest BCUT2D eigenvalue weighted by Gasteiger charge is 2.20. The van der Waals surface area contributed by atoms with E-state index in [0.29, 0.717) is 34.9 Å². The number of carboxylic acid groups (broad SMARTS) is 1. The number of allylic oxidation sites excluding steroid dienone is 1. The third-order valence-electron chi connectivity index (χ3n) is 3.81. The number of H-pyrrole nitrogens is 1. The second kappa shape index (κ2) is 7.70. The van der Waals surface area contributed by atoms with Gasteiger partial charge in [0.05, 0.1) is 13.7 Å². The van der Waals surface area contributed by atoms with Gasteiger partial charge in [0.15, 0.2) is 17.3 Å². The zero-order valence-electron chi connectivity index (χ0n) is 14.7. The van der Waals surface area contributed by atoms with Crippen molar-refractivity contribution in [2.24, 2.45) is 0 Å². The molecule has 0 aliphatic heterocycles. The van der Waals surface area contributed by atoms with Crippen LogP contribution in [0.3, 0.4) is 0 Å². The molecule has 0 aliphatic carbocycles. The van der Waals surface area contributed by atoms with E-state index in [4.69, 9.17) is 14.6 Å². The number of carbonyl (C=O) groups is 2. The van der Waals surface area contributed by atoms with Crippen LogP contribution in [0, 0.1) is 13.8 Å². The number of hydrogen-bond acceptors (Lipinski definition) is 4. The first-order valence-corrected chi connectivity index (χ1v) is 7.84. The number of carbonyl (C=O) groups excluding carboxylic acids is 1. The number of hydrogen-bond donors (Lipinski definition) is 2. The molecule has 132 valence electrons. The number of ketones is 1. The third-order valence-corrected chi connectivity index (χ3v) is 3.81. The van der Waals surface area contributed by atoms with Gasteiger partial charge < -0.3 is 19.6 Å². The third kappa shape index (κ3) is 3.91. The molecule has 6 heteroatoms. The van der Waals surface area contributed by atoms with E-state index in [1.807, 2.05) is 13.0 Å². The van der Waals surface area contributed by atoms with E-state index < -0.39 is 5.97 Å². The maximum absolute atomic E-state index is 12.5. The molecule has 0 saturated carbocycles. The monoisotopic (exact) mass is 343 g/mol. The number of aryl methyl sites for hydroxylation is 1. The van der Waals surface area contributed by atoms with Gasteiger partial charge in [0.25, 0.3) is 0 Å². The SMILES string of the molecule is CCOc1cc(/C=C/C(=O)c2c(C)[nH]c(C(=O)O)c2C)ccc1OC. The summed E-state index contributed by atoms with van der Waals surface area (Å²) in [5, 5.41) is 9.14. The largest absolute Gasteiger partial charge is 0.493 e. The number of benzene rings is 1. The second-order valence-electron chi connectivity index (χ2n) is 5.47. The molecule has 1 aromatic carbocycles. The summed E-state index contributed by atoms with van der Waals surface area (Å²) < 4.78 is 10.7. The summed E-state index contributed by atoms with van der Waals surface area (Å²) in [5.41, 5.74) is 2.17. The summed E-state index contributed by atoms with van der Waals surface area (Å²) in [7, 11) is 1.56. The number of methoxy groups -OCH3 is 1. The van der Waals surface area contributed by atoms with E-state index in [1.54, 1.807) is 39.2 Å². The van der Waals surface area contributed by atoms with Crippen LogP contribution < -0.4 is 9.47 Å². The molecule has 0 saturated heterocycles. The highest BCUT2D eigenvalue weighted by molar-refractivity contribution is 6.10. The minimum atomic E-state index is -1.08. The van der Waals surface area contributed by atoms with Crippen molar-refractivity contribution in [2.45, 2.75) is 20.8 Å². The number of aromatic amines is 1. The summed E-state index contributed by atoms with van der Waals surface area (Å²) in [6.07, 6.45) is 3.09. The normalized spacial score (nSPS) is 10.9. The van der Waals surface area contributed by atoms with Crippen molar-refractivity contribution in [3.63, 3.8) is 0 Å². The van der Waals surface area contributed by atoms with Crippen LogP contribution in [0.15, 0.2) is 24.3 Å². The van der Waals surface area contributed by atoms with Crippen molar-refractivity contribution in [3.8, 4) is 11.5 Å². The van der Waals surface area contributed by atoms with Gasteiger partial charge in [-0.1, -0.05) is 12.1 Å². The van der Waals surface area contributed by atoms with Gasteiger partial charge in [-0.3, -0.25) is 4.79 Å². The fourth-order valence-corrected chi connectivity index (χ4v) is 2.65. The van der Waals surface area contributed by atoms with Crippen LogP contribution in [0.2, 0.25) is 0 Å². The van der Waals surface area contributed by atoms with Gasteiger partial charge in [-0.25, -0.2) is 4.79 Å². The lowest BCUT2D eigenvalue weighted by molar-refractivity contribution is 0.0690. The van der Waals surface area contributed by atoms with Crippen LogP contribution in [0.1, 0.15) is 44.6 Å². The lowest BCUT2D eigenvalue weighted by atomic mass is 10.0. The standard InChI is InChI=1S/C19H21NO5/c1-5-25-16-10-13(7-9-15(16)24-4)6-8-14(21)17-11(2)18(19(22)23)20-12(17)3/h6-10,20H,5H2,1-4H3,(H,22,23)/b8-6+. The smallest absolute Gasteiger partial charge is 0.352 e. The van der Waals surface area contributed by atoms with Gasteiger partial charge in [-0.05, 0) is 50.1 Å². The van der Waals surface area contributed by atoms with Crippen LogP contribution in [0.4, 0.5) is 0 Å². The summed E-state index contributed by atoms with van der Waals surface area (Å²) in [6, 6.07) is 5.36. The van der Waals surface area contributed by atoms with Gasteiger partial charge in [-0.2, -0.15) is 0 Å². The lowest BCUT2D eigenvalue weighted by Crippen LogP contribution is -2.01. The van der Waals surface area contributed by atoms with Gasteiger partial charge in [0, 0.05) is 11.3 Å². The molecule has 0 aliphatic rings. The number of rotatable bonds is 7. The molecular weight excluding hydrogens is 322 g/mol. The van der Waals surface area contributed by atoms with Crippen LogP contribution in [0.25, 0.3) is 6.08 Å². The molecule has 0 radical (unpaired) electrons. The lowest BCUT2D eigenvalue weighted by Gasteiger charge is -2.09. The van der Waals surface area contributed by atoms with Crippen LogP contribution in [-0.4, -0.2) is 35.6 Å². The molecule has 0 amide bonds. The van der Waals surface area contributed by atoms with Crippen LogP contribution in [-0.2, 0) is 0 Å². The zero-order chi connectivity index (χ0) is 18.6. The van der Waals surface area contributed by atoms with E-state index in [0.717, 1.165) is 5.56 Å². The van der Waals surface area contributed by atoms with E-state index >= 15 is 0 Å². The van der Waals surface area contributed by atoms with Crippen molar-refractivity contribution in [1.82, 2.24) is 4.98 Å². The van der Waals surface area contributed by atoms with Gasteiger partial charge in [0.2, 0.25) is 0 Å². The number of ether oxygens (including phenoxy) is 2. The van der Waals surface area contributed by atoms with Crippen molar-refractivity contribution in [1.29, 1.82) is 0 Å². The fourth-order valence-electron chi connectivity index (χ4n) is 2.65. The summed E-state index contributed by atoms with van der Waals surface area (Å²) in [6.45, 7) is 5.68. The van der Waals surface area contributed by atoms with E-state index in [9.17, 15) is 9.59 Å². The van der Waals surface area contributed by atoms with E-state index in [2.05, 4.69) is 4.98 Å². The highest BCUT2D eigenvalue weighted by atomic mass is 16.5. The first kappa shape index (κ1) is 18.3. The number of nitrogens with one attached hydrogen (secondary N) is 1. The Balaban J connectivity index is 2.29. The molecule has 2 aromatic rings. The molecular formula is C19H21NO5. The summed E-state index contributed by atoms with van der Waals surface area (Å²) in [4.78, 5) is 26.4. The minimum absolute atomic E-state index is 0.0392. The van der Waals surface area contributed by atoms with Crippen LogP contribution >= 0.6 is 0 Å². The molecule has 0 atom stereocenters. The molecule has 1 aromatic heterocycles. The number of aromatic carboxylic acids is 1. The topological polar surface area (TPSA) is 88.6 Å². The molecule has 1 heterocycles. The summed E-state index contributed by atoms with van der Waals surface area (Å²) >= 11 is 0. The Hall–Kier alpha value is -3.02. The molecule has 6 nitrogen and oxygen atoms in total. The highest BCUT2D eigenvalue weighted by Crippen LogP contribution is 2.28. The van der Waals surface area contributed by atoms with Gasteiger partial charge in [-0.15, -0.1) is 0 Å². The molecule has 0 spiro atoms. The maximum Gasteiger partial charge on any atom is 0.352 e. The quantitative estimate of drug-likeness (QED) is 0.592. The van der Waals surface area contributed by atoms with Crippen molar-refractivity contribution < 1.29 is 24.2 Å². The first-order chi connectivity index (χ1) is 11.9. The Bertz CT molecular complexity index is 833. The molecule has 2 N–H and O–H groups in total. The fraction of sp³-hybridized carbons (Fsp3) is 0.263. The van der Waals surface area contributed by atoms with Gasteiger partial charge in [0.1, 0.15) is 5.69 Å². The Morgan fingerprint density at radius 2 is 1.96 bits per heavy atom. The number of carboxylic acids is 1.